The molecule has 3 rings (SSSR count). The van der Waals surface area contributed by atoms with E-state index >= 15 is 0 Å². The number of halogens is 2. The van der Waals surface area contributed by atoms with Gasteiger partial charge in [-0.05, 0) is 19.3 Å². The van der Waals surface area contributed by atoms with Crippen LogP contribution in [0.1, 0.15) is 43.1 Å². The maximum Gasteiger partial charge on any atom is 0.222 e. The Bertz CT molecular complexity index is 569. The summed E-state index contributed by atoms with van der Waals surface area (Å²) in [6.07, 6.45) is 3.60. The largest absolute Gasteiger partial charge is 0.377 e. The lowest BCUT2D eigenvalue weighted by Crippen LogP contribution is -2.35. The maximum absolute atomic E-state index is 11.6. The number of nitrogens with zero attached hydrogens (tertiary/aromatic N) is 3. The lowest BCUT2D eigenvalue weighted by molar-refractivity contribution is -0.127. The Morgan fingerprint density at radius 1 is 1.36 bits per heavy atom. The number of nitrogens with two attached hydrogens (primary N) is 1. The van der Waals surface area contributed by atoms with Gasteiger partial charge in [-0.15, -0.1) is 24.8 Å². The van der Waals surface area contributed by atoms with Crippen molar-refractivity contribution < 1.29 is 9.53 Å². The highest BCUT2D eigenvalue weighted by molar-refractivity contribution is 5.85. The summed E-state index contributed by atoms with van der Waals surface area (Å²) in [7, 11) is 1.64. The van der Waals surface area contributed by atoms with Crippen LogP contribution in [0.4, 0.5) is 5.82 Å². The van der Waals surface area contributed by atoms with Crippen LogP contribution in [0, 0.1) is 0 Å². The molecule has 1 aromatic rings. The third-order valence-corrected chi connectivity index (χ3v) is 4.52. The zero-order valence-corrected chi connectivity index (χ0v) is 16.1. The number of carbonyl (C=O) groups excluding carboxylic acids is 1. The van der Waals surface area contributed by atoms with Gasteiger partial charge in [0.05, 0.1) is 0 Å². The van der Waals surface area contributed by atoms with Gasteiger partial charge in [0, 0.05) is 56.9 Å². The van der Waals surface area contributed by atoms with Crippen LogP contribution in [0.25, 0.3) is 0 Å². The minimum atomic E-state index is 0. The van der Waals surface area contributed by atoms with E-state index in [4.69, 9.17) is 10.5 Å². The Morgan fingerprint density at radius 2 is 2.12 bits per heavy atom. The molecule has 1 aromatic heterocycles. The summed E-state index contributed by atoms with van der Waals surface area (Å²) in [5, 5.41) is 3.31. The molecule has 1 saturated carbocycles. The van der Waals surface area contributed by atoms with E-state index in [9.17, 15) is 4.79 Å². The van der Waals surface area contributed by atoms with E-state index in [1.54, 1.807) is 7.11 Å². The van der Waals surface area contributed by atoms with Crippen molar-refractivity contribution >= 4 is 36.5 Å². The summed E-state index contributed by atoms with van der Waals surface area (Å²) in [6.45, 7) is 2.67. The second-order valence-electron chi connectivity index (χ2n) is 6.37. The summed E-state index contributed by atoms with van der Waals surface area (Å²) < 4.78 is 5.16. The predicted octanol–water partition coefficient (Wildman–Crippen LogP) is 1.71. The first kappa shape index (κ1) is 21.9. The number of methoxy groups -OCH3 is 1. The van der Waals surface area contributed by atoms with Crippen molar-refractivity contribution in [2.45, 2.75) is 44.2 Å². The first-order chi connectivity index (χ1) is 11.2. The Balaban J connectivity index is 0.00000156. The number of anilines is 1. The molecule has 1 amide bonds. The number of nitrogens with one attached hydrogen (secondary N) is 1. The SMILES string of the molecule is COCc1nc(NCCN2CCCC2=O)cc(C2CC(N)C2)n1.Cl.Cl. The van der Waals surface area contributed by atoms with Crippen molar-refractivity contribution in [3.8, 4) is 0 Å². The summed E-state index contributed by atoms with van der Waals surface area (Å²) in [4.78, 5) is 22.6. The minimum Gasteiger partial charge on any atom is -0.377 e. The molecular formula is C16H27Cl2N5O2. The molecule has 9 heteroatoms. The van der Waals surface area contributed by atoms with E-state index in [2.05, 4.69) is 15.3 Å². The molecule has 3 N–H and O–H groups in total. The van der Waals surface area contributed by atoms with E-state index < -0.39 is 0 Å². The molecule has 0 atom stereocenters. The average molecular weight is 392 g/mol. The minimum absolute atomic E-state index is 0. The number of carbonyl (C=O) groups is 1. The number of aromatic nitrogens is 2. The number of amides is 1. The van der Waals surface area contributed by atoms with Gasteiger partial charge < -0.3 is 20.7 Å². The maximum atomic E-state index is 11.6. The molecule has 1 saturated heterocycles. The molecule has 142 valence electrons. The van der Waals surface area contributed by atoms with Crippen LogP contribution in [0.2, 0.25) is 0 Å². The molecule has 0 spiro atoms. The van der Waals surface area contributed by atoms with Gasteiger partial charge in [-0.25, -0.2) is 9.97 Å². The monoisotopic (exact) mass is 391 g/mol. The normalized spacial score (nSPS) is 22.0. The molecule has 2 aliphatic rings. The van der Waals surface area contributed by atoms with Crippen molar-refractivity contribution in [1.29, 1.82) is 0 Å². The van der Waals surface area contributed by atoms with Crippen molar-refractivity contribution in [3.05, 3.63) is 17.6 Å². The molecule has 25 heavy (non-hydrogen) atoms. The van der Waals surface area contributed by atoms with Crippen molar-refractivity contribution in [2.75, 3.05) is 32.1 Å². The molecular weight excluding hydrogens is 365 g/mol. The van der Waals surface area contributed by atoms with Gasteiger partial charge in [0.1, 0.15) is 12.4 Å². The van der Waals surface area contributed by atoms with Gasteiger partial charge in [0.2, 0.25) is 5.91 Å². The topological polar surface area (TPSA) is 93.4 Å². The first-order valence-corrected chi connectivity index (χ1v) is 8.29. The van der Waals surface area contributed by atoms with Crippen molar-refractivity contribution in [3.63, 3.8) is 0 Å². The lowest BCUT2D eigenvalue weighted by Gasteiger charge is -2.32. The third kappa shape index (κ3) is 5.67. The van der Waals surface area contributed by atoms with Gasteiger partial charge in [-0.1, -0.05) is 0 Å². The van der Waals surface area contributed by atoms with Gasteiger partial charge in [0.25, 0.3) is 0 Å². The van der Waals surface area contributed by atoms with Crippen molar-refractivity contribution in [1.82, 2.24) is 14.9 Å². The highest BCUT2D eigenvalue weighted by Gasteiger charge is 2.29. The smallest absolute Gasteiger partial charge is 0.222 e. The molecule has 0 radical (unpaired) electrons. The summed E-state index contributed by atoms with van der Waals surface area (Å²) in [5.41, 5.74) is 6.92. The van der Waals surface area contributed by atoms with Crippen molar-refractivity contribution in [2.24, 2.45) is 5.73 Å². The standard InChI is InChI=1S/C16H25N5O2.2ClH/c1-23-10-15-19-13(11-7-12(17)8-11)9-14(20-15)18-4-6-21-5-2-3-16(21)22;;/h9,11-12H,2-8,10,17H2,1H3,(H,18,19,20);2*1H. The molecule has 2 fully saturated rings. The van der Waals surface area contributed by atoms with Crippen LogP contribution in [0.3, 0.4) is 0 Å². The number of ether oxygens (including phenoxy) is 1. The quantitative estimate of drug-likeness (QED) is 0.734. The number of rotatable bonds is 7. The van der Waals surface area contributed by atoms with Gasteiger partial charge in [0.15, 0.2) is 5.82 Å². The Hall–Kier alpha value is -1.15. The van der Waals surface area contributed by atoms with E-state index in [0.717, 1.165) is 37.3 Å². The summed E-state index contributed by atoms with van der Waals surface area (Å²) in [6, 6.07) is 2.29. The predicted molar refractivity (Wildman–Crippen MR) is 101 cm³/mol. The average Bonchev–Trinajstić information content (AvgIpc) is 2.90. The zero-order valence-electron chi connectivity index (χ0n) is 14.4. The Labute approximate surface area is 160 Å². The molecule has 1 aliphatic carbocycles. The number of hydrogen-bond acceptors (Lipinski definition) is 6. The first-order valence-electron chi connectivity index (χ1n) is 8.29. The zero-order chi connectivity index (χ0) is 16.2. The van der Waals surface area contributed by atoms with E-state index in [1.165, 1.54) is 0 Å². The summed E-state index contributed by atoms with van der Waals surface area (Å²) >= 11 is 0. The van der Waals surface area contributed by atoms with Crippen LogP contribution in [0.15, 0.2) is 6.07 Å². The third-order valence-electron chi connectivity index (χ3n) is 4.52. The second-order valence-corrected chi connectivity index (χ2v) is 6.37. The molecule has 7 nitrogen and oxygen atoms in total. The van der Waals surface area contributed by atoms with E-state index in [-0.39, 0.29) is 30.7 Å². The second kappa shape index (κ2) is 10.1. The highest BCUT2D eigenvalue weighted by Crippen LogP contribution is 2.35. The van der Waals surface area contributed by atoms with E-state index in [1.807, 2.05) is 11.0 Å². The fourth-order valence-corrected chi connectivity index (χ4v) is 3.17. The van der Waals surface area contributed by atoms with Gasteiger partial charge in [-0.3, -0.25) is 4.79 Å². The molecule has 1 aliphatic heterocycles. The van der Waals surface area contributed by atoms with Crippen LogP contribution in [-0.2, 0) is 16.1 Å². The molecule has 2 heterocycles. The van der Waals surface area contributed by atoms with Crippen LogP contribution >= 0.6 is 24.8 Å². The van der Waals surface area contributed by atoms with Crippen LogP contribution in [-0.4, -0.2) is 53.6 Å². The van der Waals surface area contributed by atoms with Crippen LogP contribution < -0.4 is 11.1 Å². The van der Waals surface area contributed by atoms with Crippen LogP contribution in [0.5, 0.6) is 0 Å². The lowest BCUT2D eigenvalue weighted by atomic mass is 9.78. The van der Waals surface area contributed by atoms with Gasteiger partial charge >= 0.3 is 0 Å². The Kier molecular flexibility index (Phi) is 8.85. The molecule has 0 unspecified atom stereocenters. The number of hydrogen-bond donors (Lipinski definition) is 2. The molecule has 0 aromatic carbocycles. The number of likely N-dealkylation sites (tertiary alicyclic amines) is 1. The molecule has 0 bridgehead atoms. The van der Waals surface area contributed by atoms with E-state index in [0.29, 0.717) is 43.9 Å². The Morgan fingerprint density at radius 3 is 2.72 bits per heavy atom. The summed E-state index contributed by atoms with van der Waals surface area (Å²) in [5.74, 6) is 2.16. The fraction of sp³-hybridized carbons (Fsp3) is 0.688. The van der Waals surface area contributed by atoms with Gasteiger partial charge in [-0.2, -0.15) is 0 Å². The highest BCUT2D eigenvalue weighted by atomic mass is 35.5. The fourth-order valence-electron chi connectivity index (χ4n) is 3.17.